The maximum Gasteiger partial charge on any atom is 0.0812 e. The highest BCUT2D eigenvalue weighted by Gasteiger charge is 2.55. The van der Waals surface area contributed by atoms with E-state index in [4.69, 9.17) is 0 Å². The average Bonchev–Trinajstić information content (AvgIpc) is 3.06. The molecule has 0 unspecified atom stereocenters. The first-order valence-electron chi connectivity index (χ1n) is 25.3. The smallest absolute Gasteiger partial charge is 0.0812 e. The van der Waals surface area contributed by atoms with E-state index in [9.17, 15) is 0 Å². The fourth-order valence-corrected chi connectivity index (χ4v) is 15.0. The summed E-state index contributed by atoms with van der Waals surface area (Å²) < 4.78 is 0. The van der Waals surface area contributed by atoms with Crippen LogP contribution in [0.2, 0.25) is 0 Å². The zero-order valence-corrected chi connectivity index (χ0v) is 44.2. The molecule has 0 aliphatic carbocycles. The summed E-state index contributed by atoms with van der Waals surface area (Å²) in [7, 11) is 61.6. The number of hydrogen-bond donors (Lipinski definition) is 0. The molecule has 57 heavy (non-hydrogen) atoms. The van der Waals surface area contributed by atoms with Gasteiger partial charge in [-0.05, 0) is 32.8 Å². The highest BCUT2D eigenvalue weighted by Crippen LogP contribution is 2.23. The van der Waals surface area contributed by atoms with Crippen molar-refractivity contribution in [1.82, 2.24) is 0 Å². The molecule has 244 valence electrons. The second kappa shape index (κ2) is 25.6. The van der Waals surface area contributed by atoms with Gasteiger partial charge in [-0.15, -0.1) is 0 Å². The molecule has 0 aliphatic heterocycles. The van der Waals surface area contributed by atoms with Crippen molar-refractivity contribution in [1.29, 1.82) is 0 Å². The highest BCUT2D eigenvalue weighted by molar-refractivity contribution is 8.21. The zero-order valence-electron chi connectivity index (χ0n) is 44.2. The Morgan fingerprint density at radius 2 is 0.684 bits per heavy atom. The third-order valence-corrected chi connectivity index (χ3v) is 16.6. The standard InChI is InChI=1S/C11H62B46/c1-5-9-6(2)7(3)10(37(51(40(16)17)41(18)19)53(50(36-13)39(14)15)55(43(22)23)44(24)25)8(4)11(9)38(52(42(20)21)49(34)35-12)54(56(45(26)27)46(28)29)57(47(30)31)48(32)33/h35-36H,5,12-34H2,1-4H3. The zero-order chi connectivity index (χ0) is 44.7. The van der Waals surface area contributed by atoms with E-state index in [0.717, 1.165) is 6.42 Å². The average molecular weight is 692 g/mol. The molecule has 1 aromatic rings. The molecule has 1 rings (SSSR count). The molecule has 0 saturated carbocycles. The van der Waals surface area contributed by atoms with Crippen molar-refractivity contribution in [3.8, 4) is 0 Å². The lowest BCUT2D eigenvalue weighted by Crippen LogP contribution is -2.86. The molecule has 0 nitrogen and oxygen atoms in total. The molecule has 0 aliphatic rings. The lowest BCUT2D eigenvalue weighted by molar-refractivity contribution is 1.11. The molecule has 0 aromatic heterocycles. The third-order valence-electron chi connectivity index (χ3n) is 16.6. The molecule has 0 amide bonds. The summed E-state index contributed by atoms with van der Waals surface area (Å²) in [5.41, 5.74) is 10.3. The summed E-state index contributed by atoms with van der Waals surface area (Å²) in [4.78, 5) is 0. The lowest BCUT2D eigenvalue weighted by atomic mass is 8.37. The van der Waals surface area contributed by atoms with Crippen molar-refractivity contribution in [2.75, 3.05) is 0 Å². The first-order chi connectivity index (χ1) is 26.2. The summed E-state index contributed by atoms with van der Waals surface area (Å²) in [6.07, 6.45) is 13.2. The van der Waals surface area contributed by atoms with E-state index in [1.54, 1.807) is 27.7 Å². The van der Waals surface area contributed by atoms with Gasteiger partial charge in [-0.25, -0.2) is 0 Å². The van der Waals surface area contributed by atoms with Crippen LogP contribution >= 0.6 is 0 Å². The fraction of sp³-hybridized carbons (Fsp3) is 0.455. The molecular weight excluding hydrogens is 629 g/mol. The maximum atomic E-state index is 2.69. The molecule has 0 atom stereocenters. The first-order valence-corrected chi connectivity index (χ1v) is 25.3. The topological polar surface area (TPSA) is 0 Å². The fourth-order valence-electron chi connectivity index (χ4n) is 15.0. The van der Waals surface area contributed by atoms with Gasteiger partial charge >= 0.3 is 0 Å². The minimum atomic E-state index is 0.520. The van der Waals surface area contributed by atoms with Gasteiger partial charge in [0.1, 0.15) is 0 Å². The predicted molar refractivity (Wildman–Crippen MR) is 381 cm³/mol. The van der Waals surface area contributed by atoms with Crippen LogP contribution in [0.1, 0.15) is 29.2 Å². The van der Waals surface area contributed by atoms with Crippen LogP contribution in [0.5, 0.6) is 0 Å². The van der Waals surface area contributed by atoms with Gasteiger partial charge in [0.15, 0.2) is 0 Å². The quantitative estimate of drug-likeness (QED) is 0.0947. The molecule has 0 N–H and O–H groups in total. The van der Waals surface area contributed by atoms with Gasteiger partial charge in [0.2, 0.25) is 0 Å². The van der Waals surface area contributed by atoms with Crippen molar-refractivity contribution in [3.05, 3.63) is 22.3 Å². The van der Waals surface area contributed by atoms with Crippen LogP contribution in [-0.4, -0.2) is 326 Å². The third kappa shape index (κ3) is 13.6. The molecule has 0 heterocycles. The number of rotatable bonds is 24. The first kappa shape index (κ1) is 57.2. The van der Waals surface area contributed by atoms with Crippen molar-refractivity contribution in [3.63, 3.8) is 0 Å². The number of benzene rings is 1. The van der Waals surface area contributed by atoms with E-state index in [-0.39, 0.29) is 0 Å². The Balaban J connectivity index is 5.18. The SMILES string of the molecule is BBB(B)B(B(B)B)B(B(B(B(B)B)B(B)B)B(B(B)B)B(B)B)c1c(C)c(B(B(B(B)B)B(B)B)B(B(BB)B(B)B)B(B(B)B)B(B)B)c(C)c(C)c1CC. The Hall–Kier alpha value is 2.21. The van der Waals surface area contributed by atoms with Crippen LogP contribution in [-0.2, 0) is 6.42 Å². The van der Waals surface area contributed by atoms with Crippen LogP contribution in [0.3, 0.4) is 0 Å². The van der Waals surface area contributed by atoms with Gasteiger partial charge in [0.05, 0.1) is 191 Å². The van der Waals surface area contributed by atoms with Gasteiger partial charge in [-0.2, -0.15) is 0 Å². The Bertz CT molecular complexity index is 1270. The molecule has 1 aromatic carbocycles. The largest absolute Gasteiger partial charge is 0.0938 e. The van der Waals surface area contributed by atoms with Crippen molar-refractivity contribution >= 4 is 337 Å². The van der Waals surface area contributed by atoms with Crippen LogP contribution < -0.4 is 10.9 Å². The minimum absolute atomic E-state index is 0.520. The molecule has 46 heteroatoms. The Labute approximate surface area is 390 Å². The van der Waals surface area contributed by atoms with Crippen molar-refractivity contribution in [2.24, 2.45) is 0 Å². The van der Waals surface area contributed by atoms with E-state index < -0.39 is 0 Å². The predicted octanol–water partition coefficient (Wildman–Crippen LogP) is -28.8. The molecule has 0 saturated heterocycles. The Kier molecular flexibility index (Phi) is 25.7. The van der Waals surface area contributed by atoms with E-state index >= 15 is 0 Å². The van der Waals surface area contributed by atoms with Gasteiger partial charge in [-0.1, -0.05) is 34.5 Å². The Morgan fingerprint density at radius 3 is 0.965 bits per heavy atom. The van der Waals surface area contributed by atoms with E-state index in [1.165, 1.54) is 14.1 Å². The second-order valence-corrected chi connectivity index (χ2v) is 23.5. The summed E-state index contributed by atoms with van der Waals surface area (Å²) in [5.74, 6) is 0. The van der Waals surface area contributed by atoms with Crippen LogP contribution in [0.4, 0.5) is 0 Å². The molecule has 0 radical (unpaired) electrons. The summed E-state index contributed by atoms with van der Waals surface area (Å²) in [6.45, 7) is 11.4. The second-order valence-electron chi connectivity index (χ2n) is 23.5. The van der Waals surface area contributed by atoms with E-state index in [1.807, 2.05) is 5.46 Å². The van der Waals surface area contributed by atoms with Crippen molar-refractivity contribution in [2.45, 2.75) is 34.1 Å². The van der Waals surface area contributed by atoms with Crippen LogP contribution in [0.25, 0.3) is 0 Å². The van der Waals surface area contributed by atoms with E-state index in [2.05, 4.69) is 206 Å². The molecular formula is C11H62B46. The Morgan fingerprint density at radius 1 is 0.351 bits per heavy atom. The van der Waals surface area contributed by atoms with Gasteiger partial charge in [0, 0.05) is 135 Å². The van der Waals surface area contributed by atoms with Gasteiger partial charge in [0.25, 0.3) is 0 Å². The summed E-state index contributed by atoms with van der Waals surface area (Å²) >= 11 is 0. The van der Waals surface area contributed by atoms with E-state index in [0.29, 0.717) is 134 Å². The monoisotopic (exact) mass is 701 g/mol. The van der Waals surface area contributed by atoms with Crippen LogP contribution in [0, 0.1) is 20.8 Å². The van der Waals surface area contributed by atoms with Crippen LogP contribution in [0.15, 0.2) is 0 Å². The maximum absolute atomic E-state index is 2.69. The van der Waals surface area contributed by atoms with Crippen molar-refractivity contribution < 1.29 is 0 Å². The van der Waals surface area contributed by atoms with Gasteiger partial charge in [-0.3, -0.25) is 0 Å². The molecule has 0 spiro atoms. The normalized spacial score (nSPS) is 10.0. The van der Waals surface area contributed by atoms with Gasteiger partial charge < -0.3 is 0 Å². The lowest BCUT2D eigenvalue weighted by Gasteiger charge is -2.48. The summed E-state index contributed by atoms with van der Waals surface area (Å²) in [6, 6.07) is 0. The number of hydrogen-bond acceptors (Lipinski definition) is 0. The highest BCUT2D eigenvalue weighted by atomic mass is 14.1. The molecule has 0 fully saturated rings. The minimum Gasteiger partial charge on any atom is -0.0938 e. The summed E-state index contributed by atoms with van der Waals surface area (Å²) in [5, 5.41) is 0. The molecule has 0 bridgehead atoms.